The monoisotopic (exact) mass is 239 g/mol. The summed E-state index contributed by atoms with van der Waals surface area (Å²) in [6, 6.07) is 5.14. The lowest BCUT2D eigenvalue weighted by Gasteiger charge is -2.02. The second-order valence-corrected chi connectivity index (χ2v) is 3.80. The highest BCUT2D eigenvalue weighted by Crippen LogP contribution is 2.24. The number of rotatable bonds is 0. The molecule has 0 radical (unpaired) electrons. The summed E-state index contributed by atoms with van der Waals surface area (Å²) in [6.45, 7) is 1.80. The molecule has 0 spiro atoms. The molecule has 0 fully saturated rings. The Kier molecular flexibility index (Phi) is 2.04. The molecule has 0 saturated heterocycles. The van der Waals surface area contributed by atoms with Crippen LogP contribution in [0.25, 0.3) is 10.8 Å². The first kappa shape index (κ1) is 8.63. The molecule has 0 aliphatic rings. The highest BCUT2D eigenvalue weighted by molar-refractivity contribution is 9.10. The lowest BCUT2D eigenvalue weighted by Crippen LogP contribution is -1.87. The van der Waals surface area contributed by atoms with Gasteiger partial charge in [0.25, 0.3) is 0 Å². The Morgan fingerprint density at radius 3 is 2.92 bits per heavy atom. The van der Waals surface area contributed by atoms with Crippen molar-refractivity contribution in [3.05, 3.63) is 40.4 Å². The average molecular weight is 240 g/mol. The Bertz CT molecular complexity index is 468. The molecule has 0 atom stereocenters. The number of hydrogen-bond acceptors (Lipinski definition) is 1. The van der Waals surface area contributed by atoms with Gasteiger partial charge in [-0.15, -0.1) is 0 Å². The number of nitrogens with zero attached hydrogens (tertiary/aromatic N) is 1. The predicted octanol–water partition coefficient (Wildman–Crippen LogP) is 3.44. The molecule has 3 heteroatoms. The molecular formula is C10H7BrFN. The van der Waals surface area contributed by atoms with Gasteiger partial charge in [0.05, 0.1) is 0 Å². The van der Waals surface area contributed by atoms with Gasteiger partial charge in [-0.3, -0.25) is 4.98 Å². The van der Waals surface area contributed by atoms with Crippen molar-refractivity contribution in [3.63, 3.8) is 0 Å². The fraction of sp³-hybridized carbons (Fsp3) is 0.100. The molecule has 0 N–H and O–H groups in total. The maximum atomic E-state index is 13.4. The Hall–Kier alpha value is -0.960. The molecule has 1 nitrogen and oxygen atoms in total. The minimum Gasteiger partial charge on any atom is -0.261 e. The molecule has 1 aromatic carbocycles. The van der Waals surface area contributed by atoms with E-state index >= 15 is 0 Å². The van der Waals surface area contributed by atoms with Crippen LogP contribution >= 0.6 is 15.9 Å². The SMILES string of the molecule is Cc1nccc2cc(Br)cc(F)c12. The summed E-state index contributed by atoms with van der Waals surface area (Å²) in [5.74, 6) is -0.227. The Balaban J connectivity index is 2.94. The summed E-state index contributed by atoms with van der Waals surface area (Å²) in [6.07, 6.45) is 1.68. The van der Waals surface area contributed by atoms with Crippen molar-refractivity contribution in [2.45, 2.75) is 6.92 Å². The van der Waals surface area contributed by atoms with E-state index in [4.69, 9.17) is 0 Å². The van der Waals surface area contributed by atoms with Crippen LogP contribution in [0.2, 0.25) is 0 Å². The Labute approximate surface area is 83.7 Å². The molecule has 0 aliphatic carbocycles. The van der Waals surface area contributed by atoms with E-state index in [0.29, 0.717) is 5.39 Å². The lowest BCUT2D eigenvalue weighted by molar-refractivity contribution is 0.638. The van der Waals surface area contributed by atoms with Crippen LogP contribution in [-0.4, -0.2) is 4.98 Å². The van der Waals surface area contributed by atoms with Crippen LogP contribution in [0.1, 0.15) is 5.69 Å². The minimum atomic E-state index is -0.227. The first-order valence-corrected chi connectivity index (χ1v) is 4.68. The van der Waals surface area contributed by atoms with Crippen molar-refractivity contribution in [1.82, 2.24) is 4.98 Å². The maximum absolute atomic E-state index is 13.4. The number of fused-ring (bicyclic) bond motifs is 1. The van der Waals surface area contributed by atoms with Crippen LogP contribution in [0.3, 0.4) is 0 Å². The van der Waals surface area contributed by atoms with Gasteiger partial charge in [0, 0.05) is 21.7 Å². The van der Waals surface area contributed by atoms with Gasteiger partial charge < -0.3 is 0 Å². The predicted molar refractivity (Wildman–Crippen MR) is 54.1 cm³/mol. The van der Waals surface area contributed by atoms with Gasteiger partial charge >= 0.3 is 0 Å². The third-order valence-electron chi connectivity index (χ3n) is 1.97. The van der Waals surface area contributed by atoms with E-state index in [0.717, 1.165) is 15.6 Å². The lowest BCUT2D eigenvalue weighted by atomic mass is 10.1. The van der Waals surface area contributed by atoms with Crippen molar-refractivity contribution in [2.24, 2.45) is 0 Å². The fourth-order valence-electron chi connectivity index (χ4n) is 1.40. The van der Waals surface area contributed by atoms with Gasteiger partial charge in [0.1, 0.15) is 5.82 Å². The van der Waals surface area contributed by atoms with Gasteiger partial charge in [0.2, 0.25) is 0 Å². The third kappa shape index (κ3) is 1.44. The molecule has 66 valence electrons. The van der Waals surface area contributed by atoms with Crippen molar-refractivity contribution >= 4 is 26.7 Å². The summed E-state index contributed by atoms with van der Waals surface area (Å²) in [5, 5.41) is 1.48. The van der Waals surface area contributed by atoms with Crippen LogP contribution < -0.4 is 0 Å². The van der Waals surface area contributed by atoms with Crippen molar-refractivity contribution in [3.8, 4) is 0 Å². The van der Waals surface area contributed by atoms with E-state index in [1.54, 1.807) is 19.2 Å². The van der Waals surface area contributed by atoms with Crippen LogP contribution in [0, 0.1) is 12.7 Å². The van der Waals surface area contributed by atoms with Crippen molar-refractivity contribution in [1.29, 1.82) is 0 Å². The first-order chi connectivity index (χ1) is 6.18. The highest BCUT2D eigenvalue weighted by atomic mass is 79.9. The zero-order chi connectivity index (χ0) is 9.42. The fourth-order valence-corrected chi connectivity index (χ4v) is 1.85. The van der Waals surface area contributed by atoms with Crippen LogP contribution in [0.5, 0.6) is 0 Å². The largest absolute Gasteiger partial charge is 0.261 e. The zero-order valence-corrected chi connectivity index (χ0v) is 8.60. The van der Waals surface area contributed by atoms with E-state index in [1.807, 2.05) is 6.07 Å². The highest BCUT2D eigenvalue weighted by Gasteiger charge is 2.05. The van der Waals surface area contributed by atoms with E-state index in [2.05, 4.69) is 20.9 Å². The van der Waals surface area contributed by atoms with E-state index < -0.39 is 0 Å². The summed E-state index contributed by atoms with van der Waals surface area (Å²) >= 11 is 3.25. The molecule has 0 amide bonds. The smallest absolute Gasteiger partial charge is 0.133 e. The Morgan fingerprint density at radius 2 is 2.15 bits per heavy atom. The molecule has 2 rings (SSSR count). The minimum absolute atomic E-state index is 0.227. The topological polar surface area (TPSA) is 12.9 Å². The molecule has 1 aromatic heterocycles. The summed E-state index contributed by atoms with van der Waals surface area (Å²) < 4.78 is 14.2. The first-order valence-electron chi connectivity index (χ1n) is 3.89. The summed E-state index contributed by atoms with van der Waals surface area (Å²) in [5.41, 5.74) is 0.725. The summed E-state index contributed by atoms with van der Waals surface area (Å²) in [4.78, 5) is 4.04. The van der Waals surface area contributed by atoms with E-state index in [-0.39, 0.29) is 5.82 Å². The normalized spacial score (nSPS) is 10.7. The second-order valence-electron chi connectivity index (χ2n) is 2.88. The molecule has 0 aliphatic heterocycles. The molecular weight excluding hydrogens is 233 g/mol. The van der Waals surface area contributed by atoms with Crippen LogP contribution in [-0.2, 0) is 0 Å². The Morgan fingerprint density at radius 1 is 1.38 bits per heavy atom. The number of aromatic nitrogens is 1. The van der Waals surface area contributed by atoms with Crippen molar-refractivity contribution in [2.75, 3.05) is 0 Å². The maximum Gasteiger partial charge on any atom is 0.133 e. The van der Waals surface area contributed by atoms with Crippen LogP contribution in [0.4, 0.5) is 4.39 Å². The van der Waals surface area contributed by atoms with E-state index in [9.17, 15) is 4.39 Å². The number of hydrogen-bond donors (Lipinski definition) is 0. The quantitative estimate of drug-likeness (QED) is 0.687. The van der Waals surface area contributed by atoms with Gasteiger partial charge in [-0.1, -0.05) is 15.9 Å². The van der Waals surface area contributed by atoms with Crippen molar-refractivity contribution < 1.29 is 4.39 Å². The second kappa shape index (κ2) is 3.07. The zero-order valence-electron chi connectivity index (χ0n) is 7.01. The molecule has 13 heavy (non-hydrogen) atoms. The standard InChI is InChI=1S/C10H7BrFN/c1-6-10-7(2-3-13-6)4-8(11)5-9(10)12/h2-5H,1H3. The summed E-state index contributed by atoms with van der Waals surface area (Å²) in [7, 11) is 0. The molecule has 0 saturated carbocycles. The van der Waals surface area contributed by atoms with E-state index in [1.165, 1.54) is 6.07 Å². The third-order valence-corrected chi connectivity index (χ3v) is 2.43. The number of aryl methyl sites for hydroxylation is 1. The molecule has 0 unspecified atom stereocenters. The van der Waals surface area contributed by atoms with Crippen LogP contribution in [0.15, 0.2) is 28.9 Å². The molecule has 1 heterocycles. The average Bonchev–Trinajstić information content (AvgIpc) is 2.02. The van der Waals surface area contributed by atoms with Gasteiger partial charge in [0.15, 0.2) is 0 Å². The van der Waals surface area contributed by atoms with Gasteiger partial charge in [-0.2, -0.15) is 0 Å². The van der Waals surface area contributed by atoms with Gasteiger partial charge in [-0.05, 0) is 30.5 Å². The number of halogens is 2. The molecule has 2 aromatic rings. The van der Waals surface area contributed by atoms with Gasteiger partial charge in [-0.25, -0.2) is 4.39 Å². The molecule has 0 bridgehead atoms. The number of benzene rings is 1. The number of pyridine rings is 1.